The second-order valence-corrected chi connectivity index (χ2v) is 8.30. The quantitative estimate of drug-likeness (QED) is 0.333. The van der Waals surface area contributed by atoms with Crippen molar-refractivity contribution in [3.05, 3.63) is 107 Å². The minimum atomic E-state index is -0.135. The zero-order valence-electron chi connectivity index (χ0n) is 17.4. The van der Waals surface area contributed by atoms with Gasteiger partial charge in [0.05, 0.1) is 10.7 Å². The maximum absolute atomic E-state index is 12.6. The van der Waals surface area contributed by atoms with Gasteiger partial charge in [-0.15, -0.1) is 0 Å². The molecule has 1 aliphatic rings. The molecule has 0 saturated carbocycles. The predicted molar refractivity (Wildman–Crippen MR) is 132 cm³/mol. The largest absolute Gasteiger partial charge is 0.507 e. The second kappa shape index (κ2) is 8.03. The molecule has 0 aliphatic carbocycles. The van der Waals surface area contributed by atoms with E-state index in [4.69, 9.17) is 11.6 Å². The molecule has 4 aromatic rings. The number of rotatable bonds is 3. The van der Waals surface area contributed by atoms with Crippen molar-refractivity contribution in [1.82, 2.24) is 0 Å². The van der Waals surface area contributed by atoms with E-state index in [2.05, 4.69) is 5.32 Å². The summed E-state index contributed by atoms with van der Waals surface area (Å²) < 4.78 is 0. The van der Waals surface area contributed by atoms with Gasteiger partial charge in [-0.2, -0.15) is 0 Å². The number of halogens is 1. The molecule has 3 nitrogen and oxygen atoms in total. The Labute approximate surface area is 191 Å². The van der Waals surface area contributed by atoms with Crippen molar-refractivity contribution in [1.29, 1.82) is 0 Å². The van der Waals surface area contributed by atoms with Crippen molar-refractivity contribution < 1.29 is 9.90 Å². The van der Waals surface area contributed by atoms with Crippen molar-refractivity contribution in [2.45, 2.75) is 6.92 Å². The number of para-hydroxylation sites is 1. The Morgan fingerprint density at radius 2 is 1.47 bits per heavy atom. The SMILES string of the molecule is Cc1ccc(C=C2C(=O)Nc3cc(Cl)c(-c4ccc(-c5ccccc5O)cc4)cc32)cc1. The van der Waals surface area contributed by atoms with Gasteiger partial charge in [0.25, 0.3) is 5.91 Å². The number of nitrogens with one attached hydrogen (secondary N) is 1. The summed E-state index contributed by atoms with van der Waals surface area (Å²) in [5.74, 6) is 0.106. The van der Waals surface area contributed by atoms with E-state index in [1.165, 1.54) is 5.56 Å². The standard InChI is InChI=1S/C28H20ClNO2/c1-17-6-8-18(9-7-17)14-24-23-15-22(25(29)16-26(23)30-28(24)32)20-12-10-19(11-13-20)21-4-2-3-5-27(21)31/h2-16,31H,1H3,(H,30,32). The van der Waals surface area contributed by atoms with E-state index < -0.39 is 0 Å². The number of carbonyl (C=O) groups is 1. The molecule has 1 heterocycles. The third-order valence-corrected chi connectivity index (χ3v) is 6.00. The molecule has 4 aromatic carbocycles. The molecule has 5 rings (SSSR count). The average molecular weight is 438 g/mol. The van der Waals surface area contributed by atoms with Crippen molar-refractivity contribution in [3.63, 3.8) is 0 Å². The average Bonchev–Trinajstić information content (AvgIpc) is 3.09. The zero-order chi connectivity index (χ0) is 22.2. The van der Waals surface area contributed by atoms with Crippen LogP contribution in [-0.2, 0) is 4.79 Å². The topological polar surface area (TPSA) is 49.3 Å². The number of carbonyl (C=O) groups excluding carboxylic acids is 1. The fraction of sp³-hybridized carbons (Fsp3) is 0.0357. The van der Waals surface area contributed by atoms with Crippen LogP contribution in [0.4, 0.5) is 5.69 Å². The minimum Gasteiger partial charge on any atom is -0.507 e. The second-order valence-electron chi connectivity index (χ2n) is 7.89. The summed E-state index contributed by atoms with van der Waals surface area (Å²) in [7, 11) is 0. The number of anilines is 1. The third-order valence-electron chi connectivity index (χ3n) is 5.69. The molecule has 2 N–H and O–H groups in total. The lowest BCUT2D eigenvalue weighted by Crippen LogP contribution is -2.03. The molecular weight excluding hydrogens is 418 g/mol. The summed E-state index contributed by atoms with van der Waals surface area (Å²) in [6, 6.07) is 26.9. The van der Waals surface area contributed by atoms with Gasteiger partial charge in [-0.25, -0.2) is 0 Å². The van der Waals surface area contributed by atoms with Crippen LogP contribution in [0.5, 0.6) is 5.75 Å². The zero-order valence-corrected chi connectivity index (χ0v) is 18.1. The first-order chi connectivity index (χ1) is 15.5. The number of fused-ring (bicyclic) bond motifs is 1. The molecule has 0 unspecified atom stereocenters. The lowest BCUT2D eigenvalue weighted by Gasteiger charge is -2.10. The van der Waals surface area contributed by atoms with E-state index in [9.17, 15) is 9.90 Å². The molecule has 156 valence electrons. The first kappa shape index (κ1) is 20.1. The number of benzene rings is 4. The highest BCUT2D eigenvalue weighted by Gasteiger charge is 2.26. The maximum atomic E-state index is 12.6. The van der Waals surface area contributed by atoms with Gasteiger partial charge in [-0.1, -0.05) is 83.9 Å². The fourth-order valence-electron chi connectivity index (χ4n) is 3.95. The highest BCUT2D eigenvalue weighted by molar-refractivity contribution is 6.38. The van der Waals surface area contributed by atoms with Crippen molar-refractivity contribution in [2.24, 2.45) is 0 Å². The van der Waals surface area contributed by atoms with Crippen LogP contribution in [0.3, 0.4) is 0 Å². The van der Waals surface area contributed by atoms with Crippen LogP contribution >= 0.6 is 11.6 Å². The van der Waals surface area contributed by atoms with Crippen LogP contribution in [0.25, 0.3) is 33.9 Å². The first-order valence-corrected chi connectivity index (χ1v) is 10.7. The van der Waals surface area contributed by atoms with Gasteiger partial charge in [-0.05, 0) is 47.9 Å². The Balaban J connectivity index is 1.54. The molecule has 0 fully saturated rings. The molecule has 0 bridgehead atoms. The molecular formula is C28H20ClNO2. The molecule has 1 amide bonds. The van der Waals surface area contributed by atoms with Gasteiger partial charge in [0.15, 0.2) is 0 Å². The maximum Gasteiger partial charge on any atom is 0.256 e. The van der Waals surface area contributed by atoms with Crippen LogP contribution in [0.15, 0.2) is 84.9 Å². The molecule has 0 atom stereocenters. The van der Waals surface area contributed by atoms with Crippen LogP contribution in [0.2, 0.25) is 5.02 Å². The van der Waals surface area contributed by atoms with Crippen molar-refractivity contribution in [3.8, 4) is 28.0 Å². The van der Waals surface area contributed by atoms with Crippen molar-refractivity contribution in [2.75, 3.05) is 5.32 Å². The summed E-state index contributed by atoms with van der Waals surface area (Å²) in [4.78, 5) is 12.6. The normalized spacial score (nSPS) is 13.8. The molecule has 0 saturated heterocycles. The van der Waals surface area contributed by atoms with Crippen LogP contribution in [0.1, 0.15) is 16.7 Å². The van der Waals surface area contributed by atoms with Gasteiger partial charge in [-0.3, -0.25) is 4.79 Å². The van der Waals surface area contributed by atoms with E-state index >= 15 is 0 Å². The summed E-state index contributed by atoms with van der Waals surface area (Å²) in [5, 5.41) is 13.6. The third kappa shape index (κ3) is 3.68. The summed E-state index contributed by atoms with van der Waals surface area (Å²) in [6.07, 6.45) is 1.90. The highest BCUT2D eigenvalue weighted by Crippen LogP contribution is 2.41. The molecule has 1 aliphatic heterocycles. The summed E-state index contributed by atoms with van der Waals surface area (Å²) in [5.41, 5.74) is 7.78. The minimum absolute atomic E-state index is 0.135. The van der Waals surface area contributed by atoms with E-state index in [0.29, 0.717) is 16.3 Å². The van der Waals surface area contributed by atoms with Gasteiger partial charge in [0, 0.05) is 22.3 Å². The van der Waals surface area contributed by atoms with Crippen molar-refractivity contribution >= 4 is 34.8 Å². The van der Waals surface area contributed by atoms with Gasteiger partial charge < -0.3 is 10.4 Å². The number of hydrogen-bond acceptors (Lipinski definition) is 2. The van der Waals surface area contributed by atoms with E-state index in [1.807, 2.05) is 79.7 Å². The lowest BCUT2D eigenvalue weighted by molar-refractivity contribution is -0.110. The van der Waals surface area contributed by atoms with Gasteiger partial charge in [0.1, 0.15) is 5.75 Å². The number of amides is 1. The highest BCUT2D eigenvalue weighted by atomic mass is 35.5. The Hall–Kier alpha value is -3.82. The van der Waals surface area contributed by atoms with Crippen LogP contribution in [0, 0.1) is 6.92 Å². The van der Waals surface area contributed by atoms with E-state index in [-0.39, 0.29) is 11.7 Å². The Bertz CT molecular complexity index is 1370. The number of hydrogen-bond donors (Lipinski definition) is 2. The number of aryl methyl sites for hydroxylation is 1. The van der Waals surface area contributed by atoms with Crippen LogP contribution < -0.4 is 5.32 Å². The number of phenols is 1. The Morgan fingerprint density at radius 3 is 2.16 bits per heavy atom. The summed E-state index contributed by atoms with van der Waals surface area (Å²) >= 11 is 6.59. The van der Waals surface area contributed by atoms with Gasteiger partial charge >= 0.3 is 0 Å². The molecule has 32 heavy (non-hydrogen) atoms. The van der Waals surface area contributed by atoms with Gasteiger partial charge in [0.2, 0.25) is 0 Å². The Kier molecular flexibility index (Phi) is 5.04. The first-order valence-electron chi connectivity index (χ1n) is 10.3. The Morgan fingerprint density at radius 1 is 0.812 bits per heavy atom. The van der Waals surface area contributed by atoms with E-state index in [1.54, 1.807) is 18.2 Å². The molecule has 0 radical (unpaired) electrons. The lowest BCUT2D eigenvalue weighted by atomic mass is 9.96. The fourth-order valence-corrected chi connectivity index (χ4v) is 4.23. The van der Waals surface area contributed by atoms with E-state index in [0.717, 1.165) is 33.4 Å². The smallest absolute Gasteiger partial charge is 0.256 e. The summed E-state index contributed by atoms with van der Waals surface area (Å²) in [6.45, 7) is 2.03. The van der Waals surface area contributed by atoms with Crippen LogP contribution in [-0.4, -0.2) is 11.0 Å². The molecule has 0 aromatic heterocycles. The molecule has 4 heteroatoms. The number of phenolic OH excluding ortho intramolecular Hbond substituents is 1. The monoisotopic (exact) mass is 437 g/mol. The number of aromatic hydroxyl groups is 1. The predicted octanol–water partition coefficient (Wildman–Crippen LogP) is 7.18. The molecule has 0 spiro atoms.